The summed E-state index contributed by atoms with van der Waals surface area (Å²) in [6.07, 6.45) is 1.43. The Morgan fingerprint density at radius 1 is 1.18 bits per heavy atom. The summed E-state index contributed by atoms with van der Waals surface area (Å²) in [6, 6.07) is 14.5. The number of hydrogen-bond acceptors (Lipinski definition) is 5. The smallest absolute Gasteiger partial charge is 0.211 e. The number of aryl methyl sites for hydroxylation is 1. The van der Waals surface area contributed by atoms with Gasteiger partial charge in [0.05, 0.1) is 22.4 Å². The van der Waals surface area contributed by atoms with Gasteiger partial charge < -0.3 is 14.5 Å². The summed E-state index contributed by atoms with van der Waals surface area (Å²) in [4.78, 5) is 11.8. The second kappa shape index (κ2) is 5.95. The molecule has 110 valence electrons. The van der Waals surface area contributed by atoms with Crippen LogP contribution in [-0.4, -0.2) is 16.8 Å². The van der Waals surface area contributed by atoms with E-state index in [1.807, 2.05) is 35.9 Å². The maximum atomic E-state index is 11.0. The molecule has 3 aromatic rings. The van der Waals surface area contributed by atoms with Crippen molar-refractivity contribution in [1.29, 1.82) is 0 Å². The van der Waals surface area contributed by atoms with Crippen LogP contribution in [0.15, 0.2) is 58.7 Å². The highest BCUT2D eigenvalue weighted by molar-refractivity contribution is 7.16. The molecule has 2 aromatic carbocycles. The molecule has 22 heavy (non-hydrogen) atoms. The SMILES string of the molecule is Cn1c(=NN=Cc2ccccc2C(=O)[O-])sc2ccccc21. The van der Waals surface area contributed by atoms with Crippen LogP contribution < -0.4 is 9.91 Å². The van der Waals surface area contributed by atoms with Crippen LogP contribution in [0.25, 0.3) is 10.2 Å². The Hall–Kier alpha value is -2.73. The second-order valence-electron chi connectivity index (χ2n) is 4.63. The number of benzene rings is 2. The van der Waals surface area contributed by atoms with E-state index in [2.05, 4.69) is 10.2 Å². The lowest BCUT2D eigenvalue weighted by Gasteiger charge is -2.04. The van der Waals surface area contributed by atoms with Crippen LogP contribution in [0.1, 0.15) is 15.9 Å². The number of nitrogens with zero attached hydrogens (tertiary/aromatic N) is 3. The van der Waals surface area contributed by atoms with Crippen molar-refractivity contribution in [2.75, 3.05) is 0 Å². The van der Waals surface area contributed by atoms with E-state index in [4.69, 9.17) is 0 Å². The number of aromatic nitrogens is 1. The van der Waals surface area contributed by atoms with E-state index in [0.717, 1.165) is 15.0 Å². The van der Waals surface area contributed by atoms with Crippen molar-refractivity contribution < 1.29 is 9.90 Å². The van der Waals surface area contributed by atoms with Gasteiger partial charge in [-0.2, -0.15) is 5.10 Å². The zero-order chi connectivity index (χ0) is 15.5. The number of carboxylic acids is 1. The first-order chi connectivity index (χ1) is 10.7. The predicted molar refractivity (Wildman–Crippen MR) is 84.7 cm³/mol. The van der Waals surface area contributed by atoms with Gasteiger partial charge in [0.1, 0.15) is 0 Å². The average Bonchev–Trinajstić information content (AvgIpc) is 2.85. The standard InChI is InChI=1S/C16H13N3O2S/c1-19-13-8-4-5-9-14(13)22-16(19)18-17-10-11-6-2-3-7-12(11)15(20)21/h2-10H,1H3,(H,20,21)/p-1. The topological polar surface area (TPSA) is 69.8 Å². The minimum absolute atomic E-state index is 0.0992. The van der Waals surface area contributed by atoms with E-state index in [-0.39, 0.29) is 5.56 Å². The monoisotopic (exact) mass is 310 g/mol. The third-order valence-corrected chi connectivity index (χ3v) is 4.34. The zero-order valence-electron chi connectivity index (χ0n) is 11.8. The summed E-state index contributed by atoms with van der Waals surface area (Å²) >= 11 is 1.52. The zero-order valence-corrected chi connectivity index (χ0v) is 12.6. The first-order valence-electron chi connectivity index (χ1n) is 6.59. The molecule has 0 aliphatic carbocycles. The van der Waals surface area contributed by atoms with Crippen molar-refractivity contribution in [3.05, 3.63) is 64.5 Å². The second-order valence-corrected chi connectivity index (χ2v) is 5.64. The molecule has 0 fully saturated rings. The van der Waals surface area contributed by atoms with Crippen molar-refractivity contribution in [1.82, 2.24) is 4.57 Å². The van der Waals surface area contributed by atoms with Gasteiger partial charge in [0.15, 0.2) is 0 Å². The average molecular weight is 310 g/mol. The Labute approximate surface area is 130 Å². The summed E-state index contributed by atoms with van der Waals surface area (Å²) in [5.41, 5.74) is 1.65. The van der Waals surface area contributed by atoms with Gasteiger partial charge >= 0.3 is 0 Å². The molecule has 0 saturated heterocycles. The number of para-hydroxylation sites is 1. The van der Waals surface area contributed by atoms with E-state index in [9.17, 15) is 9.90 Å². The van der Waals surface area contributed by atoms with E-state index in [1.165, 1.54) is 23.6 Å². The van der Waals surface area contributed by atoms with Crippen LogP contribution in [-0.2, 0) is 7.05 Å². The lowest BCUT2D eigenvalue weighted by atomic mass is 10.1. The number of carboxylic acid groups (broad SMARTS) is 1. The molecule has 1 heterocycles. The molecule has 5 nitrogen and oxygen atoms in total. The Bertz CT molecular complexity index is 938. The third-order valence-electron chi connectivity index (χ3n) is 3.24. The summed E-state index contributed by atoms with van der Waals surface area (Å²) in [5.74, 6) is -1.23. The lowest BCUT2D eigenvalue weighted by Crippen LogP contribution is -2.23. The maximum absolute atomic E-state index is 11.0. The molecule has 0 spiro atoms. The van der Waals surface area contributed by atoms with Gasteiger partial charge in [-0.3, -0.25) is 0 Å². The summed E-state index contributed by atoms with van der Waals surface area (Å²) in [6.45, 7) is 0. The normalized spacial score (nSPS) is 12.3. The number of thiazole rings is 1. The highest BCUT2D eigenvalue weighted by Crippen LogP contribution is 2.15. The molecule has 6 heteroatoms. The number of rotatable bonds is 3. The van der Waals surface area contributed by atoms with Crippen molar-refractivity contribution in [3.63, 3.8) is 0 Å². The predicted octanol–water partition coefficient (Wildman–Crippen LogP) is 1.54. The van der Waals surface area contributed by atoms with Crippen LogP contribution in [0.2, 0.25) is 0 Å². The number of hydrogen-bond donors (Lipinski definition) is 0. The molecular formula is C16H12N3O2S-. The minimum atomic E-state index is -1.23. The Morgan fingerprint density at radius 2 is 1.91 bits per heavy atom. The number of carbonyl (C=O) groups excluding carboxylic acids is 1. The number of aromatic carboxylic acids is 1. The molecule has 0 bridgehead atoms. The first-order valence-corrected chi connectivity index (χ1v) is 7.40. The molecule has 0 N–H and O–H groups in total. The van der Waals surface area contributed by atoms with Crippen LogP contribution >= 0.6 is 11.3 Å². The highest BCUT2D eigenvalue weighted by atomic mass is 32.1. The fourth-order valence-corrected chi connectivity index (χ4v) is 3.09. The van der Waals surface area contributed by atoms with Crippen LogP contribution in [0.5, 0.6) is 0 Å². The van der Waals surface area contributed by atoms with Gasteiger partial charge in [0, 0.05) is 18.2 Å². The van der Waals surface area contributed by atoms with Crippen molar-refractivity contribution >= 4 is 33.7 Å². The summed E-state index contributed by atoms with van der Waals surface area (Å²) < 4.78 is 3.07. The van der Waals surface area contributed by atoms with Crippen LogP contribution in [0, 0.1) is 0 Å². The first kappa shape index (κ1) is 14.2. The summed E-state index contributed by atoms with van der Waals surface area (Å²) in [7, 11) is 1.92. The van der Waals surface area contributed by atoms with Gasteiger partial charge in [-0.1, -0.05) is 47.7 Å². The maximum Gasteiger partial charge on any atom is 0.211 e. The van der Waals surface area contributed by atoms with Gasteiger partial charge in [0.2, 0.25) is 4.80 Å². The van der Waals surface area contributed by atoms with E-state index < -0.39 is 5.97 Å². The molecule has 0 aliphatic rings. The Morgan fingerprint density at radius 3 is 2.68 bits per heavy atom. The lowest BCUT2D eigenvalue weighted by molar-refractivity contribution is -0.255. The number of fused-ring (bicyclic) bond motifs is 1. The fraction of sp³-hybridized carbons (Fsp3) is 0.0625. The molecule has 0 radical (unpaired) electrons. The van der Waals surface area contributed by atoms with E-state index >= 15 is 0 Å². The largest absolute Gasteiger partial charge is 0.545 e. The Balaban J connectivity index is 1.99. The molecule has 1 aromatic heterocycles. The van der Waals surface area contributed by atoms with Gasteiger partial charge in [-0.05, 0) is 12.1 Å². The molecule has 0 unspecified atom stereocenters. The quantitative estimate of drug-likeness (QED) is 0.544. The Kier molecular flexibility index (Phi) is 3.84. The molecule has 0 saturated carbocycles. The molecule has 0 aliphatic heterocycles. The molecule has 0 atom stereocenters. The van der Waals surface area contributed by atoms with E-state index in [1.54, 1.807) is 18.2 Å². The third kappa shape index (κ3) is 2.68. The van der Waals surface area contributed by atoms with E-state index in [0.29, 0.717) is 5.56 Å². The fourth-order valence-electron chi connectivity index (χ4n) is 2.11. The van der Waals surface area contributed by atoms with Gasteiger partial charge in [0.25, 0.3) is 0 Å². The van der Waals surface area contributed by atoms with Crippen molar-refractivity contribution in [3.8, 4) is 0 Å². The van der Waals surface area contributed by atoms with Gasteiger partial charge in [-0.15, -0.1) is 5.10 Å². The summed E-state index contributed by atoms with van der Waals surface area (Å²) in [5, 5.41) is 19.2. The number of carbonyl (C=O) groups is 1. The minimum Gasteiger partial charge on any atom is -0.545 e. The highest BCUT2D eigenvalue weighted by Gasteiger charge is 2.01. The van der Waals surface area contributed by atoms with Crippen molar-refractivity contribution in [2.45, 2.75) is 0 Å². The van der Waals surface area contributed by atoms with Crippen molar-refractivity contribution in [2.24, 2.45) is 17.3 Å². The molecule has 3 rings (SSSR count). The van der Waals surface area contributed by atoms with Crippen LogP contribution in [0.4, 0.5) is 0 Å². The molecular weight excluding hydrogens is 298 g/mol. The van der Waals surface area contributed by atoms with Gasteiger partial charge in [-0.25, -0.2) is 0 Å². The molecule has 0 amide bonds. The van der Waals surface area contributed by atoms with Crippen LogP contribution in [0.3, 0.4) is 0 Å².